The third kappa shape index (κ3) is 2.93. The third-order valence-electron chi connectivity index (χ3n) is 3.47. The van der Waals surface area contributed by atoms with Crippen LogP contribution in [0.3, 0.4) is 0 Å². The van der Waals surface area contributed by atoms with Crippen molar-refractivity contribution >= 4 is 23.1 Å². The first-order valence-electron chi connectivity index (χ1n) is 6.21. The minimum absolute atomic E-state index is 0.0365. The van der Waals surface area contributed by atoms with Crippen molar-refractivity contribution in [3.63, 3.8) is 0 Å². The van der Waals surface area contributed by atoms with Crippen LogP contribution in [0.1, 0.15) is 18.4 Å². The van der Waals surface area contributed by atoms with Crippen molar-refractivity contribution in [3.8, 4) is 0 Å². The van der Waals surface area contributed by atoms with Crippen molar-refractivity contribution in [2.75, 3.05) is 25.1 Å². The number of ether oxygens (including phenoxy) is 1. The van der Waals surface area contributed by atoms with Gasteiger partial charge >= 0.3 is 0 Å². The van der Waals surface area contributed by atoms with E-state index in [9.17, 15) is 0 Å². The Balaban J connectivity index is 2.28. The van der Waals surface area contributed by atoms with Crippen LogP contribution in [-0.2, 0) is 4.74 Å². The number of oxime groups is 1. The highest BCUT2D eigenvalue weighted by Gasteiger charge is 2.22. The molecule has 0 unspecified atom stereocenters. The molecule has 0 atom stereocenters. The smallest absolute Gasteiger partial charge is 0.173 e. The van der Waals surface area contributed by atoms with E-state index < -0.39 is 0 Å². The summed E-state index contributed by atoms with van der Waals surface area (Å²) in [5, 5.41) is 12.4. The minimum Gasteiger partial charge on any atom is -0.409 e. The largest absolute Gasteiger partial charge is 0.409 e. The van der Waals surface area contributed by atoms with E-state index >= 15 is 0 Å². The molecule has 1 aromatic rings. The summed E-state index contributed by atoms with van der Waals surface area (Å²) in [4.78, 5) is 2.19. The molecule has 0 bridgehead atoms. The lowest BCUT2D eigenvalue weighted by Crippen LogP contribution is -2.37. The molecule has 5 nitrogen and oxygen atoms in total. The van der Waals surface area contributed by atoms with Crippen LogP contribution in [0.2, 0.25) is 5.02 Å². The maximum Gasteiger partial charge on any atom is 0.173 e. The number of hydrogen-bond donors (Lipinski definition) is 2. The van der Waals surface area contributed by atoms with Crippen molar-refractivity contribution in [2.24, 2.45) is 10.9 Å². The highest BCUT2D eigenvalue weighted by atomic mass is 35.5. The van der Waals surface area contributed by atoms with E-state index in [1.165, 1.54) is 0 Å². The van der Waals surface area contributed by atoms with Crippen molar-refractivity contribution in [3.05, 3.63) is 28.8 Å². The van der Waals surface area contributed by atoms with Crippen LogP contribution >= 0.6 is 11.6 Å². The Hall–Kier alpha value is -1.46. The lowest BCUT2D eigenvalue weighted by molar-refractivity contribution is 0.0819. The molecule has 3 N–H and O–H groups in total. The van der Waals surface area contributed by atoms with Gasteiger partial charge in [-0.25, -0.2) is 0 Å². The van der Waals surface area contributed by atoms with Crippen LogP contribution in [0.5, 0.6) is 0 Å². The highest BCUT2D eigenvalue weighted by molar-refractivity contribution is 6.34. The molecule has 0 aromatic heterocycles. The molecule has 0 radical (unpaired) electrons. The van der Waals surface area contributed by atoms with Crippen molar-refractivity contribution in [1.29, 1.82) is 0 Å². The zero-order valence-electron chi connectivity index (χ0n) is 10.8. The Bertz CT molecular complexity index is 471. The molecule has 1 aliphatic rings. The summed E-state index contributed by atoms with van der Waals surface area (Å²) in [6, 6.07) is 5.54. The number of nitrogens with zero attached hydrogens (tertiary/aromatic N) is 2. The number of nitrogens with two attached hydrogens (primary N) is 1. The van der Waals surface area contributed by atoms with Crippen molar-refractivity contribution in [1.82, 2.24) is 0 Å². The number of piperidine rings is 1. The van der Waals surface area contributed by atoms with Gasteiger partial charge in [0.05, 0.1) is 16.7 Å². The third-order valence-corrected chi connectivity index (χ3v) is 3.79. The molecule has 19 heavy (non-hydrogen) atoms. The number of halogens is 1. The Morgan fingerprint density at radius 1 is 1.47 bits per heavy atom. The van der Waals surface area contributed by atoms with Gasteiger partial charge in [-0.15, -0.1) is 0 Å². The number of amidine groups is 1. The summed E-state index contributed by atoms with van der Waals surface area (Å²) in [6.07, 6.45) is 2.22. The first-order chi connectivity index (χ1) is 9.17. The number of benzene rings is 1. The van der Waals surface area contributed by atoms with Crippen molar-refractivity contribution < 1.29 is 9.94 Å². The molecular weight excluding hydrogens is 266 g/mol. The standard InChI is InChI=1S/C13H18ClN3O2/c1-19-9-5-7-17(8-6-9)11-4-2-3-10(14)12(11)13(15)16-18/h2-4,9,18H,5-8H2,1H3,(H2,15,16). The van der Waals surface area contributed by atoms with E-state index in [1.807, 2.05) is 12.1 Å². The summed E-state index contributed by atoms with van der Waals surface area (Å²) in [7, 11) is 1.74. The first-order valence-corrected chi connectivity index (χ1v) is 6.59. The van der Waals surface area contributed by atoms with Crippen LogP contribution in [0.15, 0.2) is 23.4 Å². The topological polar surface area (TPSA) is 71.1 Å². The molecule has 6 heteroatoms. The Morgan fingerprint density at radius 2 is 2.16 bits per heavy atom. The molecule has 0 aliphatic carbocycles. The molecule has 1 fully saturated rings. The van der Waals surface area contributed by atoms with E-state index in [4.69, 9.17) is 27.3 Å². The second-order valence-electron chi connectivity index (χ2n) is 4.54. The lowest BCUT2D eigenvalue weighted by atomic mass is 10.0. The van der Waals surface area contributed by atoms with Gasteiger partial charge in [-0.2, -0.15) is 0 Å². The second-order valence-corrected chi connectivity index (χ2v) is 4.95. The summed E-state index contributed by atoms with van der Waals surface area (Å²) >= 11 is 6.15. The number of rotatable bonds is 3. The predicted octanol–water partition coefficient (Wildman–Crippen LogP) is 2.05. The lowest BCUT2D eigenvalue weighted by Gasteiger charge is -2.34. The number of methoxy groups -OCH3 is 1. The van der Waals surface area contributed by atoms with Crippen LogP contribution in [0.25, 0.3) is 0 Å². The van der Waals surface area contributed by atoms with E-state index in [-0.39, 0.29) is 5.84 Å². The number of anilines is 1. The zero-order chi connectivity index (χ0) is 13.8. The summed E-state index contributed by atoms with van der Waals surface area (Å²) in [5.41, 5.74) is 7.21. The fraction of sp³-hybridized carbons (Fsp3) is 0.462. The monoisotopic (exact) mass is 283 g/mol. The molecular formula is C13H18ClN3O2. The molecule has 1 aliphatic heterocycles. The van der Waals surface area contributed by atoms with E-state index in [1.54, 1.807) is 13.2 Å². The molecule has 104 valence electrons. The quantitative estimate of drug-likeness (QED) is 0.385. The van der Waals surface area contributed by atoms with Crippen molar-refractivity contribution in [2.45, 2.75) is 18.9 Å². The summed E-state index contributed by atoms with van der Waals surface area (Å²) < 4.78 is 5.36. The van der Waals surface area contributed by atoms with Gasteiger partial charge in [0, 0.05) is 25.9 Å². The Labute approximate surface area is 117 Å². The SMILES string of the molecule is COC1CCN(c2cccc(Cl)c2C(N)=NO)CC1. The van der Waals surface area contributed by atoms with Gasteiger partial charge in [0.15, 0.2) is 5.84 Å². The van der Waals surface area contributed by atoms with Gasteiger partial charge in [0.1, 0.15) is 0 Å². The van der Waals surface area contributed by atoms with Gasteiger partial charge in [0.2, 0.25) is 0 Å². The van der Waals surface area contributed by atoms with Gasteiger partial charge in [-0.05, 0) is 25.0 Å². The molecule has 1 heterocycles. The first kappa shape index (κ1) is 14.0. The highest BCUT2D eigenvalue weighted by Crippen LogP contribution is 2.29. The molecule has 0 spiro atoms. The van der Waals surface area contributed by atoms with Crippen LogP contribution < -0.4 is 10.6 Å². The maximum atomic E-state index is 8.88. The Morgan fingerprint density at radius 3 is 2.74 bits per heavy atom. The van der Waals surface area contributed by atoms with E-state index in [0.29, 0.717) is 16.7 Å². The fourth-order valence-corrected chi connectivity index (χ4v) is 2.68. The van der Waals surface area contributed by atoms with Crippen LogP contribution in [-0.4, -0.2) is 37.3 Å². The molecule has 0 saturated carbocycles. The molecule has 1 aromatic carbocycles. The average molecular weight is 284 g/mol. The van der Waals surface area contributed by atoms with Gasteiger partial charge < -0.3 is 20.6 Å². The van der Waals surface area contributed by atoms with Crippen LogP contribution in [0, 0.1) is 0 Å². The number of hydrogen-bond acceptors (Lipinski definition) is 4. The summed E-state index contributed by atoms with van der Waals surface area (Å²) in [6.45, 7) is 1.73. The van der Waals surface area contributed by atoms with Gasteiger partial charge in [-0.3, -0.25) is 0 Å². The molecule has 0 amide bonds. The minimum atomic E-state index is 0.0365. The van der Waals surface area contributed by atoms with Gasteiger partial charge in [0.25, 0.3) is 0 Å². The molecule has 1 saturated heterocycles. The fourth-order valence-electron chi connectivity index (χ4n) is 2.41. The predicted molar refractivity (Wildman–Crippen MR) is 76.2 cm³/mol. The van der Waals surface area contributed by atoms with Crippen LogP contribution in [0.4, 0.5) is 5.69 Å². The average Bonchev–Trinajstić information content (AvgIpc) is 2.46. The van der Waals surface area contributed by atoms with Gasteiger partial charge in [-0.1, -0.05) is 22.8 Å². The normalized spacial score (nSPS) is 17.8. The zero-order valence-corrected chi connectivity index (χ0v) is 11.6. The summed E-state index contributed by atoms with van der Waals surface area (Å²) in [5.74, 6) is 0.0365. The van der Waals surface area contributed by atoms with E-state index in [0.717, 1.165) is 31.6 Å². The second kappa shape index (κ2) is 6.12. The Kier molecular flexibility index (Phi) is 4.50. The van der Waals surface area contributed by atoms with E-state index in [2.05, 4.69) is 10.1 Å². The maximum absolute atomic E-state index is 8.88. The molecule has 2 rings (SSSR count).